The standard InChI is InChI=1S/C20H13ClF4N2OS/c21-14-9-13(19(26)28)18(22)16(17(14)20(23,24)25)12-6-7-27-15(8-12)29-10-11-4-2-1-3-5-11/h1-9H,10H2,(H2,26,28). The number of nitrogens with zero attached hydrogens (tertiary/aromatic N) is 1. The molecule has 1 aromatic heterocycles. The first-order valence-corrected chi connectivity index (χ1v) is 9.57. The molecule has 0 saturated heterocycles. The number of carbonyl (C=O) groups excluding carboxylic acids is 1. The van der Waals surface area contributed by atoms with Crippen LogP contribution in [0.1, 0.15) is 21.5 Å². The smallest absolute Gasteiger partial charge is 0.366 e. The molecule has 0 unspecified atom stereocenters. The average molecular weight is 441 g/mol. The molecule has 9 heteroatoms. The number of nitrogens with two attached hydrogens (primary N) is 1. The largest absolute Gasteiger partial charge is 0.418 e. The van der Waals surface area contributed by atoms with Crippen molar-refractivity contribution in [2.45, 2.75) is 17.0 Å². The van der Waals surface area contributed by atoms with E-state index in [9.17, 15) is 22.4 Å². The van der Waals surface area contributed by atoms with Gasteiger partial charge in [0.05, 0.1) is 21.2 Å². The predicted octanol–water partition coefficient (Wildman–Crippen LogP) is 5.95. The van der Waals surface area contributed by atoms with E-state index in [1.54, 1.807) is 0 Å². The summed E-state index contributed by atoms with van der Waals surface area (Å²) in [5, 5.41) is -0.419. The molecular weight excluding hydrogens is 428 g/mol. The van der Waals surface area contributed by atoms with Gasteiger partial charge in [0.15, 0.2) is 0 Å². The molecule has 1 amide bonds. The zero-order chi connectivity index (χ0) is 21.2. The summed E-state index contributed by atoms with van der Waals surface area (Å²) in [7, 11) is 0. The van der Waals surface area contributed by atoms with Crippen LogP contribution < -0.4 is 5.73 Å². The summed E-state index contributed by atoms with van der Waals surface area (Å²) < 4.78 is 55.6. The van der Waals surface area contributed by atoms with Gasteiger partial charge in [-0.05, 0) is 29.3 Å². The van der Waals surface area contributed by atoms with Crippen molar-refractivity contribution in [2.75, 3.05) is 0 Å². The number of amides is 1. The molecule has 0 aliphatic rings. The van der Waals surface area contributed by atoms with Crippen LogP contribution in [0.15, 0.2) is 59.8 Å². The van der Waals surface area contributed by atoms with Gasteiger partial charge in [-0.3, -0.25) is 4.79 Å². The minimum atomic E-state index is -4.94. The molecule has 0 atom stereocenters. The Hall–Kier alpha value is -2.58. The summed E-state index contributed by atoms with van der Waals surface area (Å²) in [4.78, 5) is 15.6. The number of carbonyl (C=O) groups is 1. The van der Waals surface area contributed by atoms with Crippen molar-refractivity contribution in [1.82, 2.24) is 4.98 Å². The lowest BCUT2D eigenvalue weighted by atomic mass is 9.96. The number of alkyl halides is 3. The Labute approximate surface area is 172 Å². The number of benzene rings is 2. The second-order valence-corrected chi connectivity index (χ2v) is 7.39. The van der Waals surface area contributed by atoms with Crippen LogP contribution in [0.3, 0.4) is 0 Å². The van der Waals surface area contributed by atoms with Crippen LogP contribution in [0, 0.1) is 5.82 Å². The number of pyridine rings is 1. The van der Waals surface area contributed by atoms with Crippen LogP contribution in [-0.4, -0.2) is 10.9 Å². The first-order chi connectivity index (χ1) is 13.7. The molecule has 29 heavy (non-hydrogen) atoms. The topological polar surface area (TPSA) is 56.0 Å². The van der Waals surface area contributed by atoms with Crippen LogP contribution in [0.25, 0.3) is 11.1 Å². The minimum Gasteiger partial charge on any atom is -0.366 e. The van der Waals surface area contributed by atoms with E-state index in [1.165, 1.54) is 30.1 Å². The normalized spacial score (nSPS) is 11.5. The number of hydrogen-bond acceptors (Lipinski definition) is 3. The van der Waals surface area contributed by atoms with Gasteiger partial charge in [-0.25, -0.2) is 9.37 Å². The summed E-state index contributed by atoms with van der Waals surface area (Å²) in [6, 6.07) is 12.5. The summed E-state index contributed by atoms with van der Waals surface area (Å²) in [5.41, 5.74) is 3.07. The molecule has 0 fully saturated rings. The fraction of sp³-hybridized carbons (Fsp3) is 0.100. The SMILES string of the molecule is NC(=O)c1cc(Cl)c(C(F)(F)F)c(-c2ccnc(SCc3ccccc3)c2)c1F. The molecule has 3 nitrogen and oxygen atoms in total. The van der Waals surface area contributed by atoms with Gasteiger partial charge in [-0.2, -0.15) is 13.2 Å². The Morgan fingerprint density at radius 1 is 1.14 bits per heavy atom. The third-order valence-corrected chi connectivity index (χ3v) is 5.31. The van der Waals surface area contributed by atoms with Gasteiger partial charge in [0.2, 0.25) is 0 Å². The zero-order valence-electron chi connectivity index (χ0n) is 14.6. The first kappa shape index (κ1) is 21.1. The molecular formula is C20H13ClF4N2OS. The number of hydrogen-bond donors (Lipinski definition) is 1. The van der Waals surface area contributed by atoms with Crippen molar-refractivity contribution in [3.05, 3.63) is 82.3 Å². The summed E-state index contributed by atoms with van der Waals surface area (Å²) in [6.07, 6.45) is -3.67. The highest BCUT2D eigenvalue weighted by Gasteiger charge is 2.39. The highest BCUT2D eigenvalue weighted by Crippen LogP contribution is 2.44. The molecule has 3 aromatic rings. The first-order valence-electron chi connectivity index (χ1n) is 8.20. The molecule has 0 aliphatic carbocycles. The fourth-order valence-corrected chi connectivity index (χ4v) is 3.89. The molecule has 0 radical (unpaired) electrons. The third-order valence-electron chi connectivity index (χ3n) is 4.02. The number of thioether (sulfide) groups is 1. The lowest BCUT2D eigenvalue weighted by Gasteiger charge is -2.17. The van der Waals surface area contributed by atoms with Crippen molar-refractivity contribution in [1.29, 1.82) is 0 Å². The maximum Gasteiger partial charge on any atom is 0.418 e. The van der Waals surface area contributed by atoms with Gasteiger partial charge in [0.1, 0.15) is 5.82 Å². The quantitative estimate of drug-likeness (QED) is 0.394. The maximum absolute atomic E-state index is 14.9. The summed E-state index contributed by atoms with van der Waals surface area (Å²) in [5.74, 6) is -2.07. The van der Waals surface area contributed by atoms with Gasteiger partial charge < -0.3 is 5.73 Å². The van der Waals surface area contributed by atoms with Gasteiger partial charge in [-0.1, -0.05) is 41.9 Å². The van der Waals surface area contributed by atoms with Crippen LogP contribution in [0.2, 0.25) is 5.02 Å². The summed E-state index contributed by atoms with van der Waals surface area (Å²) >= 11 is 7.03. The Balaban J connectivity index is 2.09. The van der Waals surface area contributed by atoms with Crippen molar-refractivity contribution >= 4 is 29.3 Å². The molecule has 150 valence electrons. The fourth-order valence-electron chi connectivity index (χ4n) is 2.73. The van der Waals surface area contributed by atoms with Crippen LogP contribution in [-0.2, 0) is 11.9 Å². The van der Waals surface area contributed by atoms with Gasteiger partial charge in [0.25, 0.3) is 5.91 Å². The highest BCUT2D eigenvalue weighted by atomic mass is 35.5. The van der Waals surface area contributed by atoms with Crippen molar-refractivity contribution in [3.8, 4) is 11.1 Å². The van der Waals surface area contributed by atoms with Gasteiger partial charge in [-0.15, -0.1) is 11.8 Å². The van der Waals surface area contributed by atoms with Crippen molar-refractivity contribution < 1.29 is 22.4 Å². The molecule has 0 bridgehead atoms. The minimum absolute atomic E-state index is 0.106. The Bertz CT molecular complexity index is 1060. The molecule has 1 heterocycles. The number of rotatable bonds is 5. The zero-order valence-corrected chi connectivity index (χ0v) is 16.2. The van der Waals surface area contributed by atoms with E-state index in [1.807, 2.05) is 30.3 Å². The monoisotopic (exact) mass is 440 g/mol. The molecule has 2 N–H and O–H groups in total. The van der Waals surface area contributed by atoms with E-state index in [-0.39, 0.29) is 5.56 Å². The number of aromatic nitrogens is 1. The van der Waals surface area contributed by atoms with Crippen LogP contribution in [0.4, 0.5) is 17.6 Å². The second-order valence-electron chi connectivity index (χ2n) is 5.99. The molecule has 2 aromatic carbocycles. The highest BCUT2D eigenvalue weighted by molar-refractivity contribution is 7.98. The molecule has 3 rings (SSSR count). The van der Waals surface area contributed by atoms with E-state index in [0.717, 1.165) is 5.56 Å². The lowest BCUT2D eigenvalue weighted by molar-refractivity contribution is -0.137. The number of primary amides is 1. The van der Waals surface area contributed by atoms with E-state index in [0.29, 0.717) is 16.8 Å². The molecule has 0 saturated carbocycles. The van der Waals surface area contributed by atoms with E-state index >= 15 is 0 Å². The summed E-state index contributed by atoms with van der Waals surface area (Å²) in [6.45, 7) is 0. The van der Waals surface area contributed by atoms with Crippen LogP contribution >= 0.6 is 23.4 Å². The van der Waals surface area contributed by atoms with Crippen molar-refractivity contribution in [2.24, 2.45) is 5.73 Å². The maximum atomic E-state index is 14.9. The Kier molecular flexibility index (Phi) is 6.14. The van der Waals surface area contributed by atoms with E-state index < -0.39 is 39.6 Å². The molecule has 0 spiro atoms. The molecule has 0 aliphatic heterocycles. The Morgan fingerprint density at radius 2 is 1.83 bits per heavy atom. The van der Waals surface area contributed by atoms with E-state index in [4.69, 9.17) is 17.3 Å². The van der Waals surface area contributed by atoms with Gasteiger partial charge in [0, 0.05) is 17.5 Å². The average Bonchev–Trinajstić information content (AvgIpc) is 2.67. The van der Waals surface area contributed by atoms with Crippen LogP contribution in [0.5, 0.6) is 0 Å². The van der Waals surface area contributed by atoms with Gasteiger partial charge >= 0.3 is 6.18 Å². The predicted molar refractivity (Wildman–Crippen MR) is 104 cm³/mol. The Morgan fingerprint density at radius 3 is 2.45 bits per heavy atom. The second kappa shape index (κ2) is 8.42. The van der Waals surface area contributed by atoms with E-state index in [2.05, 4.69) is 4.98 Å². The third kappa shape index (κ3) is 4.71. The van der Waals surface area contributed by atoms with Crippen molar-refractivity contribution in [3.63, 3.8) is 0 Å². The lowest BCUT2D eigenvalue weighted by Crippen LogP contribution is -2.17. The number of halogens is 5.